The van der Waals surface area contributed by atoms with E-state index in [-0.39, 0.29) is 17.6 Å². The largest absolute Gasteiger partial charge is 0.361 e. The molecule has 0 unspecified atom stereocenters. The van der Waals surface area contributed by atoms with Crippen LogP contribution in [0.5, 0.6) is 0 Å². The van der Waals surface area contributed by atoms with Gasteiger partial charge in [0.25, 0.3) is 5.91 Å². The Morgan fingerprint density at radius 2 is 2.07 bits per heavy atom. The van der Waals surface area contributed by atoms with Gasteiger partial charge in [-0.3, -0.25) is 14.6 Å². The Morgan fingerprint density at radius 3 is 2.83 bits per heavy atom. The summed E-state index contributed by atoms with van der Waals surface area (Å²) in [6, 6.07) is 11.9. The van der Waals surface area contributed by atoms with E-state index in [1.165, 1.54) is 0 Å². The highest BCUT2D eigenvalue weighted by Gasteiger charge is 2.29. The van der Waals surface area contributed by atoms with Gasteiger partial charge in [0.15, 0.2) is 0 Å². The van der Waals surface area contributed by atoms with Crippen molar-refractivity contribution in [3.63, 3.8) is 0 Å². The summed E-state index contributed by atoms with van der Waals surface area (Å²) in [5, 5.41) is 1.13. The minimum absolute atomic E-state index is 0.0320. The van der Waals surface area contributed by atoms with Gasteiger partial charge in [0, 0.05) is 54.3 Å². The Kier molecular flexibility index (Phi) is 5.47. The molecule has 2 aromatic heterocycles. The Balaban J connectivity index is 1.46. The van der Waals surface area contributed by atoms with Crippen molar-refractivity contribution in [1.82, 2.24) is 14.9 Å². The molecule has 0 bridgehead atoms. The van der Waals surface area contributed by atoms with Crippen molar-refractivity contribution < 1.29 is 9.59 Å². The van der Waals surface area contributed by atoms with Gasteiger partial charge in [-0.2, -0.15) is 0 Å². The van der Waals surface area contributed by atoms with Crippen LogP contribution in [-0.2, 0) is 4.79 Å². The van der Waals surface area contributed by atoms with Crippen LogP contribution in [0.1, 0.15) is 43.5 Å². The molecule has 150 valence electrons. The molecule has 1 aliphatic rings. The van der Waals surface area contributed by atoms with Crippen molar-refractivity contribution in [3.8, 4) is 11.3 Å². The number of H-pyrrole nitrogens is 1. The molecule has 5 nitrogen and oxygen atoms in total. The smallest absolute Gasteiger partial charge is 0.255 e. The van der Waals surface area contributed by atoms with E-state index < -0.39 is 0 Å². The molecule has 1 atom stereocenters. The van der Waals surface area contributed by atoms with Crippen LogP contribution in [0.3, 0.4) is 0 Å². The molecule has 1 saturated heterocycles. The zero-order valence-electron chi connectivity index (χ0n) is 17.0. The first-order valence-electron chi connectivity index (χ1n) is 10.4. The van der Waals surface area contributed by atoms with Crippen LogP contribution in [0.25, 0.3) is 22.2 Å². The van der Waals surface area contributed by atoms with Crippen molar-refractivity contribution in [1.29, 1.82) is 0 Å². The summed E-state index contributed by atoms with van der Waals surface area (Å²) in [4.78, 5) is 34.9. The minimum atomic E-state index is -0.0350. The highest BCUT2D eigenvalue weighted by molar-refractivity contribution is 5.95. The number of pyridine rings is 1. The summed E-state index contributed by atoms with van der Waals surface area (Å²) in [5.74, 6) is 0.574. The molecule has 1 N–H and O–H groups in total. The zero-order chi connectivity index (χ0) is 20.4. The minimum Gasteiger partial charge on any atom is -0.361 e. The summed E-state index contributed by atoms with van der Waals surface area (Å²) in [5.41, 5.74) is 3.53. The zero-order valence-corrected chi connectivity index (χ0v) is 17.0. The van der Waals surface area contributed by atoms with Gasteiger partial charge in [-0.05, 0) is 49.1 Å². The van der Waals surface area contributed by atoms with Crippen molar-refractivity contribution >= 4 is 22.6 Å². The van der Waals surface area contributed by atoms with Gasteiger partial charge in [-0.25, -0.2) is 0 Å². The van der Waals surface area contributed by atoms with E-state index in [0.717, 1.165) is 35.0 Å². The molecule has 0 saturated carbocycles. The molecule has 1 aromatic carbocycles. The molecule has 1 fully saturated rings. The number of aromatic amines is 1. The second kappa shape index (κ2) is 8.19. The van der Waals surface area contributed by atoms with Crippen LogP contribution < -0.4 is 0 Å². The number of rotatable bonds is 5. The normalized spacial score (nSPS) is 17.1. The number of aromatic nitrogens is 2. The van der Waals surface area contributed by atoms with Crippen LogP contribution >= 0.6 is 0 Å². The standard InChI is InChI=1S/C24H27N3O2/c1-16(2)12-23(28)20-4-3-11-27(15-20)24(29)19-6-8-22(26-14-19)17-5-7-21-18(13-17)9-10-25-21/h5-10,13-14,16,20,25H,3-4,11-12,15H2,1-2H3/t20-/m0/s1. The number of fused-ring (bicyclic) bond motifs is 1. The third-order valence-corrected chi connectivity index (χ3v) is 5.63. The Hall–Kier alpha value is -2.95. The highest BCUT2D eigenvalue weighted by atomic mass is 16.2. The first-order chi connectivity index (χ1) is 14.0. The second-order valence-electron chi connectivity index (χ2n) is 8.37. The van der Waals surface area contributed by atoms with E-state index >= 15 is 0 Å². The lowest BCUT2D eigenvalue weighted by atomic mass is 9.89. The number of Topliss-reactive ketones (excluding diaryl/α,β-unsaturated/α-hetero) is 1. The van der Waals surface area contributed by atoms with Gasteiger partial charge in [-0.1, -0.05) is 19.9 Å². The monoisotopic (exact) mass is 389 g/mol. The van der Waals surface area contributed by atoms with E-state index in [1.807, 2.05) is 41.4 Å². The molecule has 0 radical (unpaired) electrons. The van der Waals surface area contributed by atoms with Crippen molar-refractivity contribution in [2.24, 2.45) is 11.8 Å². The quantitative estimate of drug-likeness (QED) is 0.688. The molecular weight excluding hydrogens is 362 g/mol. The van der Waals surface area contributed by atoms with Crippen molar-refractivity contribution in [3.05, 3.63) is 54.4 Å². The number of hydrogen-bond donors (Lipinski definition) is 1. The fraction of sp³-hybridized carbons (Fsp3) is 0.375. The average molecular weight is 389 g/mol. The highest BCUT2D eigenvalue weighted by Crippen LogP contribution is 2.24. The Labute approximate surface area is 171 Å². The van der Waals surface area contributed by atoms with Gasteiger partial charge in [0.2, 0.25) is 0 Å². The molecule has 5 heteroatoms. The summed E-state index contributed by atoms with van der Waals surface area (Å²) in [6.45, 7) is 5.35. The van der Waals surface area contributed by atoms with Crippen molar-refractivity contribution in [2.45, 2.75) is 33.1 Å². The molecule has 29 heavy (non-hydrogen) atoms. The molecule has 1 amide bonds. The predicted octanol–water partition coefficient (Wildman–Crippen LogP) is 4.70. The molecule has 3 heterocycles. The Bertz CT molecular complexity index is 1020. The summed E-state index contributed by atoms with van der Waals surface area (Å²) in [7, 11) is 0. The van der Waals surface area contributed by atoms with Crippen LogP contribution in [-0.4, -0.2) is 39.6 Å². The number of amides is 1. The number of carbonyl (C=O) groups excluding carboxylic acids is 2. The van der Waals surface area contributed by atoms with Crippen molar-refractivity contribution in [2.75, 3.05) is 13.1 Å². The SMILES string of the molecule is CC(C)CC(=O)[C@H]1CCCN(C(=O)c2ccc(-c3ccc4[nH]ccc4c3)nc2)C1. The third-order valence-electron chi connectivity index (χ3n) is 5.63. The first-order valence-corrected chi connectivity index (χ1v) is 10.4. The van der Waals surface area contributed by atoms with Gasteiger partial charge >= 0.3 is 0 Å². The molecule has 0 spiro atoms. The van der Waals surface area contributed by atoms with Gasteiger partial charge in [0.1, 0.15) is 5.78 Å². The number of nitrogens with zero attached hydrogens (tertiary/aromatic N) is 2. The molecule has 4 rings (SSSR count). The van der Waals surface area contributed by atoms with E-state index in [9.17, 15) is 9.59 Å². The average Bonchev–Trinajstić information content (AvgIpc) is 3.21. The fourth-order valence-corrected chi connectivity index (χ4v) is 4.08. The first kappa shape index (κ1) is 19.4. The maximum absolute atomic E-state index is 12.9. The number of nitrogens with one attached hydrogen (secondary N) is 1. The van der Waals surface area contributed by atoms with E-state index in [1.54, 1.807) is 6.20 Å². The molecular formula is C24H27N3O2. The number of piperidine rings is 1. The maximum atomic E-state index is 12.9. The number of benzene rings is 1. The van der Waals surface area contributed by atoms with E-state index in [2.05, 4.69) is 29.9 Å². The molecule has 3 aromatic rings. The topological polar surface area (TPSA) is 66.1 Å². The number of hydrogen-bond acceptors (Lipinski definition) is 3. The summed E-state index contributed by atoms with van der Waals surface area (Å²) >= 11 is 0. The second-order valence-corrected chi connectivity index (χ2v) is 8.37. The van der Waals surface area contributed by atoms with Crippen LogP contribution in [0.15, 0.2) is 48.8 Å². The fourth-order valence-electron chi connectivity index (χ4n) is 4.08. The number of likely N-dealkylation sites (tertiary alicyclic amines) is 1. The molecule has 0 aliphatic carbocycles. The summed E-state index contributed by atoms with van der Waals surface area (Å²) < 4.78 is 0. The third kappa shape index (κ3) is 4.24. The van der Waals surface area contributed by atoms with Crippen LogP contribution in [0, 0.1) is 11.8 Å². The van der Waals surface area contributed by atoms with Gasteiger partial charge in [-0.15, -0.1) is 0 Å². The summed E-state index contributed by atoms with van der Waals surface area (Å²) in [6.07, 6.45) is 5.92. The lowest BCUT2D eigenvalue weighted by Gasteiger charge is -2.32. The van der Waals surface area contributed by atoms with Gasteiger partial charge < -0.3 is 9.88 Å². The molecule has 1 aliphatic heterocycles. The Morgan fingerprint density at radius 1 is 1.21 bits per heavy atom. The number of ketones is 1. The predicted molar refractivity (Wildman–Crippen MR) is 115 cm³/mol. The lowest BCUT2D eigenvalue weighted by molar-refractivity contribution is -0.124. The maximum Gasteiger partial charge on any atom is 0.255 e. The van der Waals surface area contributed by atoms with Crippen LogP contribution in [0.4, 0.5) is 0 Å². The van der Waals surface area contributed by atoms with Crippen LogP contribution in [0.2, 0.25) is 0 Å². The van der Waals surface area contributed by atoms with E-state index in [0.29, 0.717) is 31.0 Å². The number of carbonyl (C=O) groups is 2. The van der Waals surface area contributed by atoms with E-state index in [4.69, 9.17) is 0 Å². The van der Waals surface area contributed by atoms with Gasteiger partial charge in [0.05, 0.1) is 11.3 Å². The lowest BCUT2D eigenvalue weighted by Crippen LogP contribution is -2.42.